The largest absolute Gasteiger partial charge is 0.495 e. The smallest absolute Gasteiger partial charge is 0.271 e. The summed E-state index contributed by atoms with van der Waals surface area (Å²) in [4.78, 5) is 20.5. The Hall–Kier alpha value is -2.34. The molecule has 6 nitrogen and oxygen atoms in total. The summed E-state index contributed by atoms with van der Waals surface area (Å²) < 4.78 is 5.11. The number of methoxy groups -OCH3 is 1. The lowest BCUT2D eigenvalue weighted by Gasteiger charge is -2.11. The summed E-state index contributed by atoms with van der Waals surface area (Å²) in [5.41, 5.74) is 1.08. The molecular weight excluding hydrogens is 328 g/mol. The van der Waals surface area contributed by atoms with Gasteiger partial charge >= 0.3 is 0 Å². The highest BCUT2D eigenvalue weighted by molar-refractivity contribution is 6.32. The Morgan fingerprint density at radius 1 is 1.25 bits per heavy atom. The molecule has 1 amide bonds. The van der Waals surface area contributed by atoms with E-state index in [4.69, 9.17) is 16.3 Å². The highest BCUT2D eigenvalue weighted by atomic mass is 35.5. The van der Waals surface area contributed by atoms with E-state index < -0.39 is 0 Å². The predicted molar refractivity (Wildman–Crippen MR) is 93.0 cm³/mol. The van der Waals surface area contributed by atoms with Crippen molar-refractivity contribution in [3.05, 3.63) is 41.3 Å². The molecule has 0 radical (unpaired) electrons. The zero-order chi connectivity index (χ0) is 16.9. The zero-order valence-electron chi connectivity index (χ0n) is 13.4. The van der Waals surface area contributed by atoms with Gasteiger partial charge in [-0.15, -0.1) is 0 Å². The monoisotopic (exact) mass is 346 g/mol. The molecule has 1 aromatic heterocycles. The second-order valence-corrected chi connectivity index (χ2v) is 6.12. The van der Waals surface area contributed by atoms with Crippen molar-refractivity contribution in [3.63, 3.8) is 0 Å². The highest BCUT2D eigenvalue weighted by Gasteiger charge is 2.18. The topological polar surface area (TPSA) is 76.1 Å². The minimum Gasteiger partial charge on any atom is -0.495 e. The fraction of sp³-hybridized carbons (Fsp3) is 0.353. The summed E-state index contributed by atoms with van der Waals surface area (Å²) in [6, 6.07) is 5.59. The quantitative estimate of drug-likeness (QED) is 0.865. The number of carbonyl (C=O) groups is 1. The first-order valence-corrected chi connectivity index (χ1v) is 8.27. The summed E-state index contributed by atoms with van der Waals surface area (Å²) in [5, 5.41) is 6.58. The second kappa shape index (κ2) is 7.49. The first kappa shape index (κ1) is 16.5. The average molecular weight is 347 g/mol. The number of hydrogen-bond donors (Lipinski definition) is 2. The van der Waals surface area contributed by atoms with E-state index in [1.807, 2.05) is 6.07 Å². The van der Waals surface area contributed by atoms with Crippen molar-refractivity contribution in [3.8, 4) is 5.75 Å². The van der Waals surface area contributed by atoms with E-state index in [9.17, 15) is 4.79 Å². The third-order valence-electron chi connectivity index (χ3n) is 4.00. The predicted octanol–water partition coefficient (Wildman–Crippen LogP) is 3.55. The van der Waals surface area contributed by atoms with Gasteiger partial charge in [-0.2, -0.15) is 0 Å². The van der Waals surface area contributed by atoms with Crippen LogP contribution in [0.25, 0.3) is 0 Å². The SMILES string of the molecule is COc1ccc(Nc2cnc(C(=O)NC3CCCC3)cn2)cc1Cl. The molecule has 0 bridgehead atoms. The van der Waals surface area contributed by atoms with E-state index in [0.29, 0.717) is 22.3 Å². The molecule has 0 atom stereocenters. The molecule has 3 rings (SSSR count). The van der Waals surface area contributed by atoms with Gasteiger partial charge in [-0.25, -0.2) is 9.97 Å². The van der Waals surface area contributed by atoms with Crippen LogP contribution in [0.4, 0.5) is 11.5 Å². The molecule has 24 heavy (non-hydrogen) atoms. The first-order chi connectivity index (χ1) is 11.7. The number of benzene rings is 1. The van der Waals surface area contributed by atoms with E-state index in [2.05, 4.69) is 20.6 Å². The van der Waals surface area contributed by atoms with Crippen LogP contribution < -0.4 is 15.4 Å². The number of aromatic nitrogens is 2. The Kier molecular flexibility index (Phi) is 5.15. The molecule has 1 heterocycles. The minimum absolute atomic E-state index is 0.173. The van der Waals surface area contributed by atoms with Crippen molar-refractivity contribution in [1.82, 2.24) is 15.3 Å². The van der Waals surface area contributed by atoms with Gasteiger partial charge in [0, 0.05) is 11.7 Å². The van der Waals surface area contributed by atoms with Crippen LogP contribution in [0, 0.1) is 0 Å². The van der Waals surface area contributed by atoms with Gasteiger partial charge in [-0.3, -0.25) is 4.79 Å². The van der Waals surface area contributed by atoms with Crippen LogP contribution in [-0.4, -0.2) is 29.0 Å². The number of carbonyl (C=O) groups excluding carboxylic acids is 1. The highest BCUT2D eigenvalue weighted by Crippen LogP contribution is 2.28. The normalized spacial score (nSPS) is 14.4. The molecule has 7 heteroatoms. The van der Waals surface area contributed by atoms with Gasteiger partial charge in [-0.05, 0) is 31.0 Å². The molecule has 2 N–H and O–H groups in total. The van der Waals surface area contributed by atoms with E-state index in [0.717, 1.165) is 18.5 Å². The number of rotatable bonds is 5. The van der Waals surface area contributed by atoms with Crippen LogP contribution in [-0.2, 0) is 0 Å². The van der Waals surface area contributed by atoms with E-state index in [1.54, 1.807) is 19.2 Å². The van der Waals surface area contributed by atoms with E-state index >= 15 is 0 Å². The molecular formula is C17H19ClN4O2. The molecule has 0 unspecified atom stereocenters. The molecule has 1 aliphatic rings. The molecule has 1 saturated carbocycles. The van der Waals surface area contributed by atoms with Crippen molar-refractivity contribution in [2.75, 3.05) is 12.4 Å². The maximum absolute atomic E-state index is 12.1. The van der Waals surface area contributed by atoms with Crippen LogP contribution in [0.5, 0.6) is 5.75 Å². The second-order valence-electron chi connectivity index (χ2n) is 5.72. The third-order valence-corrected chi connectivity index (χ3v) is 4.29. The Morgan fingerprint density at radius 2 is 2.04 bits per heavy atom. The first-order valence-electron chi connectivity index (χ1n) is 7.89. The Morgan fingerprint density at radius 3 is 2.67 bits per heavy atom. The van der Waals surface area contributed by atoms with Gasteiger partial charge in [-0.1, -0.05) is 24.4 Å². The van der Waals surface area contributed by atoms with Gasteiger partial charge in [0.25, 0.3) is 5.91 Å². The van der Waals surface area contributed by atoms with Crippen molar-refractivity contribution >= 4 is 29.0 Å². The summed E-state index contributed by atoms with van der Waals surface area (Å²) >= 11 is 6.09. The van der Waals surface area contributed by atoms with Crippen molar-refractivity contribution in [1.29, 1.82) is 0 Å². The molecule has 0 saturated heterocycles. The Bertz CT molecular complexity index is 715. The molecule has 1 aliphatic carbocycles. The summed E-state index contributed by atoms with van der Waals surface area (Å²) in [6.45, 7) is 0. The lowest BCUT2D eigenvalue weighted by atomic mass is 10.2. The van der Waals surface area contributed by atoms with Crippen molar-refractivity contribution < 1.29 is 9.53 Å². The van der Waals surface area contributed by atoms with Crippen LogP contribution in [0.3, 0.4) is 0 Å². The Labute approximate surface area is 145 Å². The maximum Gasteiger partial charge on any atom is 0.271 e. The molecule has 1 aromatic carbocycles. The van der Waals surface area contributed by atoms with Gasteiger partial charge in [0.2, 0.25) is 0 Å². The van der Waals surface area contributed by atoms with Crippen molar-refractivity contribution in [2.45, 2.75) is 31.7 Å². The number of amides is 1. The number of halogens is 1. The van der Waals surface area contributed by atoms with Crippen LogP contribution in [0.1, 0.15) is 36.2 Å². The maximum atomic E-state index is 12.1. The average Bonchev–Trinajstić information content (AvgIpc) is 3.08. The zero-order valence-corrected chi connectivity index (χ0v) is 14.1. The molecule has 2 aromatic rings. The standard InChI is InChI=1S/C17H19ClN4O2/c1-24-15-7-6-12(8-13(15)18)21-16-10-19-14(9-20-16)17(23)22-11-4-2-3-5-11/h6-11H,2-5H2,1H3,(H,20,21)(H,22,23). The number of ether oxygens (including phenoxy) is 1. The van der Waals surface area contributed by atoms with Crippen LogP contribution in [0.2, 0.25) is 5.02 Å². The number of nitrogens with zero attached hydrogens (tertiary/aromatic N) is 2. The van der Waals surface area contributed by atoms with Crippen LogP contribution >= 0.6 is 11.6 Å². The summed E-state index contributed by atoms with van der Waals surface area (Å²) in [6.07, 6.45) is 7.42. The number of anilines is 2. The number of hydrogen-bond acceptors (Lipinski definition) is 5. The van der Waals surface area contributed by atoms with Gasteiger partial charge in [0.05, 0.1) is 24.5 Å². The lowest BCUT2D eigenvalue weighted by Crippen LogP contribution is -2.33. The summed E-state index contributed by atoms with van der Waals surface area (Å²) in [5.74, 6) is 0.967. The lowest BCUT2D eigenvalue weighted by molar-refractivity contribution is 0.0932. The molecule has 126 valence electrons. The fourth-order valence-corrected chi connectivity index (χ4v) is 2.99. The Balaban J connectivity index is 1.63. The minimum atomic E-state index is -0.173. The third kappa shape index (κ3) is 3.94. The fourth-order valence-electron chi connectivity index (χ4n) is 2.73. The molecule has 1 fully saturated rings. The summed E-state index contributed by atoms with van der Waals surface area (Å²) in [7, 11) is 1.56. The van der Waals surface area contributed by atoms with Gasteiger partial charge in [0.1, 0.15) is 17.3 Å². The molecule has 0 spiro atoms. The van der Waals surface area contributed by atoms with Gasteiger partial charge < -0.3 is 15.4 Å². The molecule has 0 aliphatic heterocycles. The van der Waals surface area contributed by atoms with E-state index in [-0.39, 0.29) is 11.9 Å². The van der Waals surface area contributed by atoms with E-state index in [1.165, 1.54) is 25.2 Å². The van der Waals surface area contributed by atoms with Crippen LogP contribution in [0.15, 0.2) is 30.6 Å². The number of nitrogens with one attached hydrogen (secondary N) is 2. The van der Waals surface area contributed by atoms with Gasteiger partial charge in [0.15, 0.2) is 0 Å². The van der Waals surface area contributed by atoms with Crippen molar-refractivity contribution in [2.24, 2.45) is 0 Å².